The first-order chi connectivity index (χ1) is 8.42. The second-order valence-corrected chi connectivity index (χ2v) is 6.41. The van der Waals surface area contributed by atoms with Crippen LogP contribution in [-0.4, -0.2) is 55.7 Å². The quantitative estimate of drug-likeness (QED) is 0.511. The molecule has 1 aliphatic rings. The van der Waals surface area contributed by atoms with Crippen LogP contribution in [0.2, 0.25) is 0 Å². The molecule has 111 valence electrons. The van der Waals surface area contributed by atoms with E-state index in [1.807, 2.05) is 0 Å². The van der Waals surface area contributed by atoms with Gasteiger partial charge in [0.1, 0.15) is 6.10 Å². The van der Waals surface area contributed by atoms with Gasteiger partial charge in [0, 0.05) is 11.5 Å². The van der Waals surface area contributed by atoms with Crippen molar-refractivity contribution in [2.75, 3.05) is 6.61 Å². The van der Waals surface area contributed by atoms with E-state index >= 15 is 0 Å². The van der Waals surface area contributed by atoms with Gasteiger partial charge in [-0.3, -0.25) is 4.79 Å². The summed E-state index contributed by atoms with van der Waals surface area (Å²) in [4.78, 5) is 11.6. The van der Waals surface area contributed by atoms with Crippen LogP contribution in [0.15, 0.2) is 0 Å². The minimum atomic E-state index is -2.34. The number of rotatable bonds is 4. The number of amides is 1. The highest BCUT2D eigenvalue weighted by molar-refractivity contribution is 5.84. The van der Waals surface area contributed by atoms with Crippen LogP contribution in [0.1, 0.15) is 34.1 Å². The number of carbonyl (C=O) groups excluding carboxylic acids is 1. The van der Waals surface area contributed by atoms with Gasteiger partial charge in [0.25, 0.3) is 5.91 Å². The van der Waals surface area contributed by atoms with Gasteiger partial charge in [0.05, 0.1) is 12.1 Å². The fraction of sp³-hybridized carbons (Fsp3) is 0.917. The van der Waals surface area contributed by atoms with Crippen LogP contribution in [0, 0.1) is 5.92 Å². The van der Waals surface area contributed by atoms with Crippen LogP contribution in [0.25, 0.3) is 0 Å². The third-order valence-electron chi connectivity index (χ3n) is 4.24. The number of hydrogen-bond donors (Lipinski definition) is 4. The molecule has 1 amide bonds. The molecule has 0 saturated carbocycles. The normalized spacial score (nSPS) is 30.8. The summed E-state index contributed by atoms with van der Waals surface area (Å²) in [5.74, 6) is -2.02. The van der Waals surface area contributed by atoms with Crippen LogP contribution in [0.5, 0.6) is 0 Å². The van der Waals surface area contributed by atoms with Crippen molar-refractivity contribution in [2.24, 2.45) is 11.7 Å². The van der Waals surface area contributed by atoms with Crippen molar-refractivity contribution >= 4 is 5.91 Å². The molecule has 1 aliphatic heterocycles. The Kier molecular flexibility index (Phi) is 4.02. The average Bonchev–Trinajstić information content (AvgIpc) is 2.47. The maximum Gasteiger partial charge on any atom is 0.252 e. The molecule has 5 N–H and O–H groups in total. The molecular formula is C12H23N2O5. The maximum atomic E-state index is 12.2. The highest BCUT2D eigenvalue weighted by atomic mass is 16.5. The van der Waals surface area contributed by atoms with Gasteiger partial charge in [0.2, 0.25) is 0 Å². The van der Waals surface area contributed by atoms with E-state index in [-0.39, 0.29) is 6.42 Å². The minimum absolute atomic E-state index is 0.181. The summed E-state index contributed by atoms with van der Waals surface area (Å²) in [5, 5.41) is 42.4. The lowest BCUT2D eigenvalue weighted by atomic mass is 9.71. The fourth-order valence-electron chi connectivity index (χ4n) is 3.16. The SMILES string of the molecule is CC1(C)CC(C(O)(C(N)=O)C(O)CO)C(C)(C)N1[O]. The number of carbonyl (C=O) groups is 1. The van der Waals surface area contributed by atoms with Crippen LogP contribution in [0.3, 0.4) is 0 Å². The number of aliphatic hydroxyl groups is 3. The Bertz CT molecular complexity index is 371. The Hall–Kier alpha value is -0.730. The van der Waals surface area contributed by atoms with Crippen LogP contribution in [0.4, 0.5) is 0 Å². The monoisotopic (exact) mass is 275 g/mol. The van der Waals surface area contributed by atoms with Gasteiger partial charge in [-0.1, -0.05) is 0 Å². The van der Waals surface area contributed by atoms with E-state index in [1.165, 1.54) is 0 Å². The second kappa shape index (κ2) is 4.68. The predicted molar refractivity (Wildman–Crippen MR) is 66.0 cm³/mol. The summed E-state index contributed by atoms with van der Waals surface area (Å²) >= 11 is 0. The van der Waals surface area contributed by atoms with Gasteiger partial charge in [-0.25, -0.2) is 0 Å². The van der Waals surface area contributed by atoms with Crippen molar-refractivity contribution in [3.63, 3.8) is 0 Å². The maximum absolute atomic E-state index is 12.2. The zero-order valence-electron chi connectivity index (χ0n) is 11.8. The number of aliphatic hydroxyl groups excluding tert-OH is 2. The van der Waals surface area contributed by atoms with Gasteiger partial charge < -0.3 is 21.1 Å². The highest BCUT2D eigenvalue weighted by Gasteiger charge is 2.63. The lowest BCUT2D eigenvalue weighted by Gasteiger charge is -2.41. The Morgan fingerprint density at radius 2 is 1.95 bits per heavy atom. The topological polar surface area (TPSA) is 127 Å². The summed E-state index contributed by atoms with van der Waals surface area (Å²) in [5.41, 5.74) is 0.971. The summed E-state index contributed by atoms with van der Waals surface area (Å²) in [6, 6.07) is 0. The molecule has 3 atom stereocenters. The molecule has 1 saturated heterocycles. The molecule has 0 aromatic carbocycles. The average molecular weight is 275 g/mol. The van der Waals surface area contributed by atoms with E-state index < -0.39 is 41.2 Å². The molecule has 3 unspecified atom stereocenters. The van der Waals surface area contributed by atoms with Crippen molar-refractivity contribution < 1.29 is 25.3 Å². The van der Waals surface area contributed by atoms with E-state index in [4.69, 9.17) is 10.8 Å². The number of nitrogens with zero attached hydrogens (tertiary/aromatic N) is 1. The predicted octanol–water partition coefficient (Wildman–Crippen LogP) is -1.22. The summed E-state index contributed by atoms with van der Waals surface area (Å²) in [7, 11) is 0. The zero-order valence-corrected chi connectivity index (χ0v) is 11.8. The molecule has 7 nitrogen and oxygen atoms in total. The smallest absolute Gasteiger partial charge is 0.252 e. The van der Waals surface area contributed by atoms with Crippen molar-refractivity contribution in [1.82, 2.24) is 5.06 Å². The number of hydroxylamine groups is 2. The first-order valence-corrected chi connectivity index (χ1v) is 6.21. The van der Waals surface area contributed by atoms with Gasteiger partial charge in [-0.05, 0) is 34.1 Å². The number of primary amides is 1. The number of hydrogen-bond acceptors (Lipinski definition) is 5. The van der Waals surface area contributed by atoms with Crippen molar-refractivity contribution in [3.8, 4) is 0 Å². The minimum Gasteiger partial charge on any atom is -0.394 e. The Balaban J connectivity index is 3.30. The lowest BCUT2D eigenvalue weighted by molar-refractivity contribution is -0.257. The molecule has 0 aliphatic carbocycles. The Morgan fingerprint density at radius 1 is 1.47 bits per heavy atom. The highest BCUT2D eigenvalue weighted by Crippen LogP contribution is 2.49. The molecule has 7 heteroatoms. The van der Waals surface area contributed by atoms with Gasteiger partial charge >= 0.3 is 0 Å². The lowest BCUT2D eigenvalue weighted by Crippen LogP contribution is -2.64. The van der Waals surface area contributed by atoms with Crippen molar-refractivity contribution in [2.45, 2.75) is 56.9 Å². The Labute approximate surface area is 112 Å². The van der Waals surface area contributed by atoms with E-state index in [0.29, 0.717) is 0 Å². The molecule has 0 bridgehead atoms. The van der Waals surface area contributed by atoms with Gasteiger partial charge in [-0.2, -0.15) is 0 Å². The van der Waals surface area contributed by atoms with Crippen molar-refractivity contribution in [3.05, 3.63) is 0 Å². The molecule has 0 aromatic heterocycles. The zero-order chi connectivity index (χ0) is 15.2. The van der Waals surface area contributed by atoms with Crippen LogP contribution < -0.4 is 5.73 Å². The molecule has 0 spiro atoms. The molecule has 19 heavy (non-hydrogen) atoms. The molecule has 0 aromatic rings. The first kappa shape index (κ1) is 16.3. The van der Waals surface area contributed by atoms with Gasteiger partial charge in [0.15, 0.2) is 5.60 Å². The standard InChI is InChI=1S/C12H23N2O5/c1-10(2)5-7(11(3,4)14(10)19)12(18,9(13)17)8(16)6-15/h7-8,15-16,18H,5-6H2,1-4H3,(H2,13,17). The second-order valence-electron chi connectivity index (χ2n) is 6.41. The summed E-state index contributed by atoms with van der Waals surface area (Å²) in [6.07, 6.45) is -1.54. The van der Waals surface area contributed by atoms with Crippen LogP contribution in [-0.2, 0) is 10.0 Å². The summed E-state index contributed by atoms with van der Waals surface area (Å²) < 4.78 is 0. The molecule has 1 heterocycles. The Morgan fingerprint density at radius 3 is 2.21 bits per heavy atom. The first-order valence-electron chi connectivity index (χ1n) is 6.21. The van der Waals surface area contributed by atoms with E-state index in [1.54, 1.807) is 27.7 Å². The molecule has 1 rings (SSSR count). The molecule has 1 radical (unpaired) electrons. The van der Waals surface area contributed by atoms with Crippen LogP contribution >= 0.6 is 0 Å². The van der Waals surface area contributed by atoms with E-state index in [2.05, 4.69) is 0 Å². The number of nitrogens with two attached hydrogens (primary N) is 1. The van der Waals surface area contributed by atoms with E-state index in [0.717, 1.165) is 5.06 Å². The third-order valence-corrected chi connectivity index (χ3v) is 4.24. The van der Waals surface area contributed by atoms with Crippen molar-refractivity contribution in [1.29, 1.82) is 0 Å². The fourth-order valence-corrected chi connectivity index (χ4v) is 3.16. The molecular weight excluding hydrogens is 252 g/mol. The summed E-state index contributed by atoms with van der Waals surface area (Å²) in [6.45, 7) is 5.73. The third kappa shape index (κ3) is 2.25. The largest absolute Gasteiger partial charge is 0.394 e. The van der Waals surface area contributed by atoms with E-state index in [9.17, 15) is 20.2 Å². The van der Waals surface area contributed by atoms with Gasteiger partial charge in [-0.15, -0.1) is 10.3 Å². The molecule has 1 fully saturated rings.